The molecule has 0 aliphatic heterocycles. The summed E-state index contributed by atoms with van der Waals surface area (Å²) in [5, 5.41) is 4.54. The van der Waals surface area contributed by atoms with Gasteiger partial charge in [-0.1, -0.05) is 60.5 Å². The second kappa shape index (κ2) is 6.43. The highest BCUT2D eigenvalue weighted by molar-refractivity contribution is 6.31. The number of benzene rings is 2. The van der Waals surface area contributed by atoms with E-state index in [9.17, 15) is 0 Å². The zero-order valence-electron chi connectivity index (χ0n) is 11.6. The van der Waals surface area contributed by atoms with Crippen molar-refractivity contribution >= 4 is 11.6 Å². The van der Waals surface area contributed by atoms with Crippen molar-refractivity contribution in [3.8, 4) is 0 Å². The van der Waals surface area contributed by atoms with Crippen LogP contribution in [0.2, 0.25) is 5.02 Å². The van der Waals surface area contributed by atoms with E-state index in [0.717, 1.165) is 11.6 Å². The lowest BCUT2D eigenvalue weighted by molar-refractivity contribution is 0.489. The van der Waals surface area contributed by atoms with E-state index < -0.39 is 0 Å². The Bertz CT molecular complexity index is 579. The summed E-state index contributed by atoms with van der Waals surface area (Å²) in [6, 6.07) is 17.4. The lowest BCUT2D eigenvalue weighted by Gasteiger charge is -2.20. The van der Waals surface area contributed by atoms with Crippen molar-refractivity contribution < 1.29 is 0 Å². The molecule has 2 aromatic carbocycles. The van der Waals surface area contributed by atoms with Gasteiger partial charge in [0.1, 0.15) is 0 Å². The van der Waals surface area contributed by atoms with Crippen molar-refractivity contribution in [1.29, 1.82) is 0 Å². The van der Waals surface area contributed by atoms with Crippen LogP contribution in [0.4, 0.5) is 0 Å². The van der Waals surface area contributed by atoms with Crippen molar-refractivity contribution in [2.75, 3.05) is 0 Å². The minimum atomic E-state index is 0.449. The molecule has 20 heavy (non-hydrogen) atoms. The molecule has 2 aromatic rings. The van der Waals surface area contributed by atoms with Gasteiger partial charge < -0.3 is 5.32 Å². The van der Waals surface area contributed by atoms with Crippen molar-refractivity contribution in [3.05, 3.63) is 70.2 Å². The Morgan fingerprint density at radius 1 is 1.00 bits per heavy atom. The first-order chi connectivity index (χ1) is 9.84. The van der Waals surface area contributed by atoms with Gasteiger partial charge in [-0.2, -0.15) is 0 Å². The van der Waals surface area contributed by atoms with E-state index >= 15 is 0 Å². The van der Waals surface area contributed by atoms with Crippen LogP contribution >= 0.6 is 11.6 Å². The summed E-state index contributed by atoms with van der Waals surface area (Å²) in [5.74, 6) is 0. The molecule has 0 heterocycles. The van der Waals surface area contributed by atoms with E-state index in [1.807, 2.05) is 18.2 Å². The van der Waals surface area contributed by atoms with Crippen LogP contribution in [0.1, 0.15) is 42.0 Å². The van der Waals surface area contributed by atoms with E-state index in [0.29, 0.717) is 6.04 Å². The molecule has 1 aliphatic carbocycles. The quantitative estimate of drug-likeness (QED) is 0.791. The molecule has 2 heteroatoms. The fourth-order valence-corrected chi connectivity index (χ4v) is 3.21. The number of aryl methyl sites for hydroxylation is 1. The second-order valence-electron chi connectivity index (χ2n) is 5.47. The topological polar surface area (TPSA) is 12.0 Å². The maximum atomic E-state index is 6.23. The third kappa shape index (κ3) is 3.05. The highest BCUT2D eigenvalue weighted by atomic mass is 35.5. The molecule has 0 aromatic heterocycles. The molecule has 0 saturated heterocycles. The van der Waals surface area contributed by atoms with Crippen molar-refractivity contribution in [2.24, 2.45) is 0 Å². The maximum Gasteiger partial charge on any atom is 0.0450 e. The summed E-state index contributed by atoms with van der Waals surface area (Å²) in [5.41, 5.74) is 4.15. The van der Waals surface area contributed by atoms with E-state index in [4.69, 9.17) is 11.6 Å². The van der Waals surface area contributed by atoms with Gasteiger partial charge in [-0.15, -0.1) is 0 Å². The highest BCUT2D eigenvalue weighted by Crippen LogP contribution is 2.29. The SMILES string of the molecule is Clc1ccccc1CNC1CCCCc2ccccc21. The smallest absolute Gasteiger partial charge is 0.0450 e. The second-order valence-corrected chi connectivity index (χ2v) is 5.88. The monoisotopic (exact) mass is 285 g/mol. The first-order valence-electron chi connectivity index (χ1n) is 7.39. The Hall–Kier alpha value is -1.31. The largest absolute Gasteiger partial charge is 0.306 e. The zero-order chi connectivity index (χ0) is 13.8. The van der Waals surface area contributed by atoms with Gasteiger partial charge in [-0.05, 0) is 42.0 Å². The predicted octanol–water partition coefficient (Wildman–Crippen LogP) is 4.90. The van der Waals surface area contributed by atoms with Gasteiger partial charge in [0.15, 0.2) is 0 Å². The summed E-state index contributed by atoms with van der Waals surface area (Å²) >= 11 is 6.23. The van der Waals surface area contributed by atoms with Crippen molar-refractivity contribution in [1.82, 2.24) is 5.32 Å². The van der Waals surface area contributed by atoms with Gasteiger partial charge >= 0.3 is 0 Å². The molecular formula is C18H20ClN. The molecule has 1 nitrogen and oxygen atoms in total. The summed E-state index contributed by atoms with van der Waals surface area (Å²) in [7, 11) is 0. The summed E-state index contributed by atoms with van der Waals surface area (Å²) in [6.07, 6.45) is 5.00. The number of hydrogen-bond donors (Lipinski definition) is 1. The van der Waals surface area contributed by atoms with Gasteiger partial charge in [0.25, 0.3) is 0 Å². The lowest BCUT2D eigenvalue weighted by Crippen LogP contribution is -2.21. The van der Waals surface area contributed by atoms with Gasteiger partial charge in [-0.25, -0.2) is 0 Å². The van der Waals surface area contributed by atoms with E-state index in [-0.39, 0.29) is 0 Å². The molecule has 0 fully saturated rings. The minimum Gasteiger partial charge on any atom is -0.306 e. The fraction of sp³-hybridized carbons (Fsp3) is 0.333. The number of fused-ring (bicyclic) bond motifs is 1. The molecular weight excluding hydrogens is 266 g/mol. The molecule has 1 unspecified atom stereocenters. The van der Waals surface area contributed by atoms with Crippen LogP contribution in [0.25, 0.3) is 0 Å². The zero-order valence-corrected chi connectivity index (χ0v) is 12.4. The normalized spacial score (nSPS) is 18.4. The number of hydrogen-bond acceptors (Lipinski definition) is 1. The Labute approximate surface area is 126 Å². The molecule has 3 rings (SSSR count). The molecule has 0 spiro atoms. The molecule has 0 amide bonds. The maximum absolute atomic E-state index is 6.23. The van der Waals surface area contributed by atoms with Crippen molar-refractivity contribution in [2.45, 2.75) is 38.3 Å². The fourth-order valence-electron chi connectivity index (χ4n) is 3.01. The van der Waals surface area contributed by atoms with Crippen LogP contribution < -0.4 is 5.32 Å². The Morgan fingerprint density at radius 2 is 1.80 bits per heavy atom. The predicted molar refractivity (Wildman–Crippen MR) is 85.0 cm³/mol. The lowest BCUT2D eigenvalue weighted by atomic mass is 9.99. The van der Waals surface area contributed by atoms with Crippen LogP contribution in [0.3, 0.4) is 0 Å². The Balaban J connectivity index is 1.76. The molecule has 0 bridgehead atoms. The Kier molecular flexibility index (Phi) is 4.39. The molecule has 104 valence electrons. The highest BCUT2D eigenvalue weighted by Gasteiger charge is 2.17. The van der Waals surface area contributed by atoms with Crippen LogP contribution in [-0.2, 0) is 13.0 Å². The van der Waals surface area contributed by atoms with Crippen LogP contribution in [0.15, 0.2) is 48.5 Å². The number of rotatable bonds is 3. The molecule has 1 aliphatic rings. The van der Waals surface area contributed by atoms with E-state index in [2.05, 4.69) is 35.6 Å². The van der Waals surface area contributed by atoms with Crippen LogP contribution in [0, 0.1) is 0 Å². The first kappa shape index (κ1) is 13.7. The molecule has 0 radical (unpaired) electrons. The van der Waals surface area contributed by atoms with Crippen LogP contribution in [-0.4, -0.2) is 0 Å². The summed E-state index contributed by atoms with van der Waals surface area (Å²) in [4.78, 5) is 0. The number of nitrogens with one attached hydrogen (secondary N) is 1. The van der Waals surface area contributed by atoms with Gasteiger partial charge in [0.2, 0.25) is 0 Å². The number of halogens is 1. The Morgan fingerprint density at radius 3 is 2.70 bits per heavy atom. The average Bonchev–Trinajstić information content (AvgIpc) is 2.69. The summed E-state index contributed by atoms with van der Waals surface area (Å²) in [6.45, 7) is 0.832. The third-order valence-corrected chi connectivity index (χ3v) is 4.48. The standard InChI is InChI=1S/C18H20ClN/c19-17-11-5-2-9-15(17)13-20-18-12-6-3-8-14-7-1-4-10-16(14)18/h1-2,4-5,7,9-11,18,20H,3,6,8,12-13H2. The van der Waals surface area contributed by atoms with Crippen LogP contribution in [0.5, 0.6) is 0 Å². The molecule has 1 atom stereocenters. The minimum absolute atomic E-state index is 0.449. The van der Waals surface area contributed by atoms with Crippen molar-refractivity contribution in [3.63, 3.8) is 0 Å². The summed E-state index contributed by atoms with van der Waals surface area (Å²) < 4.78 is 0. The third-order valence-electron chi connectivity index (χ3n) is 4.12. The molecule has 1 N–H and O–H groups in total. The van der Waals surface area contributed by atoms with E-state index in [1.54, 1.807) is 0 Å². The first-order valence-corrected chi connectivity index (χ1v) is 7.77. The molecule has 0 saturated carbocycles. The van der Waals surface area contributed by atoms with Gasteiger partial charge in [0, 0.05) is 17.6 Å². The van der Waals surface area contributed by atoms with Gasteiger partial charge in [0.05, 0.1) is 0 Å². The van der Waals surface area contributed by atoms with E-state index in [1.165, 1.54) is 42.4 Å². The average molecular weight is 286 g/mol. The van der Waals surface area contributed by atoms with Gasteiger partial charge in [-0.3, -0.25) is 0 Å².